The minimum absolute atomic E-state index is 0. The minimum atomic E-state index is -0.987. The summed E-state index contributed by atoms with van der Waals surface area (Å²) in [7, 11) is 0. The Hall–Kier alpha value is -3.75. The Bertz CT molecular complexity index is 2040. The standard InChI is InChI=1S/2C21H28F2O.C15H18F2O.5H2/c2*1-13-3-6-15(7-4-13)16-8-10-17(11-9-16)21(24)18-12-5-14(2)19(22)20(18)23;1-9-3-6-11(7-4-9)15(18)12-8-5-10(2)13(16)14(12)17;;;;;/h2*5,12-13,15-17H,3-4,6-11H2,1-2H3;5,8-9,11H,3-4,6-7H2,1-2H3;5*1H. The van der Waals surface area contributed by atoms with Crippen LogP contribution in [-0.4, -0.2) is 17.3 Å². The summed E-state index contributed by atoms with van der Waals surface area (Å²) in [6, 6.07) is 8.78. The number of carbonyl (C=O) groups is 3. The zero-order valence-corrected chi connectivity index (χ0v) is 40.4. The zero-order chi connectivity index (χ0) is 47.8. The molecule has 9 heteroatoms. The number of benzene rings is 3. The molecule has 0 N–H and O–H groups in total. The molecule has 5 aliphatic carbocycles. The van der Waals surface area contributed by atoms with Crippen LogP contribution in [0.3, 0.4) is 0 Å². The Morgan fingerprint density at radius 3 is 0.773 bits per heavy atom. The van der Waals surface area contributed by atoms with E-state index in [1.54, 1.807) is 0 Å². The fraction of sp³-hybridized carbons (Fsp3) is 0.632. The lowest BCUT2D eigenvalue weighted by Gasteiger charge is -2.37. The molecule has 0 amide bonds. The summed E-state index contributed by atoms with van der Waals surface area (Å²) in [5, 5.41) is 0. The largest absolute Gasteiger partial charge is 0.294 e. The maximum atomic E-state index is 14.1. The second-order valence-corrected chi connectivity index (χ2v) is 21.5. The van der Waals surface area contributed by atoms with E-state index in [2.05, 4.69) is 20.8 Å². The highest BCUT2D eigenvalue weighted by Crippen LogP contribution is 2.44. The van der Waals surface area contributed by atoms with Crippen LogP contribution in [0.2, 0.25) is 0 Å². The highest BCUT2D eigenvalue weighted by molar-refractivity contribution is 5.99. The van der Waals surface area contributed by atoms with Gasteiger partial charge in [0.2, 0.25) is 0 Å². The van der Waals surface area contributed by atoms with Crippen molar-refractivity contribution in [3.63, 3.8) is 0 Å². The maximum absolute atomic E-state index is 14.1. The molecule has 0 aromatic heterocycles. The molecule has 0 saturated heterocycles. The average Bonchev–Trinajstić information content (AvgIpc) is 3.32. The molecule has 8 rings (SSSR count). The van der Waals surface area contributed by atoms with E-state index in [1.807, 2.05) is 0 Å². The number of hydrogen-bond donors (Lipinski definition) is 0. The number of hydrogen-bond acceptors (Lipinski definition) is 3. The van der Waals surface area contributed by atoms with Gasteiger partial charge >= 0.3 is 0 Å². The van der Waals surface area contributed by atoms with Gasteiger partial charge in [-0.25, -0.2) is 26.3 Å². The van der Waals surface area contributed by atoms with Crippen LogP contribution in [-0.2, 0) is 0 Å². The van der Waals surface area contributed by atoms with Crippen molar-refractivity contribution in [1.82, 2.24) is 0 Å². The lowest BCUT2D eigenvalue weighted by Crippen LogP contribution is -2.28. The van der Waals surface area contributed by atoms with Crippen molar-refractivity contribution in [2.45, 2.75) is 170 Å². The third-order valence-corrected chi connectivity index (χ3v) is 16.7. The quantitative estimate of drug-likeness (QED) is 0.167. The van der Waals surface area contributed by atoms with Crippen molar-refractivity contribution in [2.75, 3.05) is 0 Å². The maximum Gasteiger partial charge on any atom is 0.169 e. The van der Waals surface area contributed by atoms with Gasteiger partial charge in [0.05, 0.1) is 16.7 Å². The van der Waals surface area contributed by atoms with Crippen molar-refractivity contribution >= 4 is 17.3 Å². The van der Waals surface area contributed by atoms with Gasteiger partial charge in [0, 0.05) is 24.9 Å². The zero-order valence-electron chi connectivity index (χ0n) is 40.4. The van der Waals surface area contributed by atoms with Crippen molar-refractivity contribution in [1.29, 1.82) is 0 Å². The Kier molecular flexibility index (Phi) is 18.4. The Balaban J connectivity index is 0.000000520. The molecule has 0 heterocycles. The van der Waals surface area contributed by atoms with Gasteiger partial charge in [-0.15, -0.1) is 0 Å². The van der Waals surface area contributed by atoms with Crippen LogP contribution in [0.25, 0.3) is 0 Å². The Morgan fingerprint density at radius 1 is 0.333 bits per heavy atom. The molecule has 0 spiro atoms. The number of aryl methyl sites for hydroxylation is 3. The summed E-state index contributed by atoms with van der Waals surface area (Å²) in [6.45, 7) is 11.4. The molecule has 0 radical (unpaired) electrons. The molecule has 5 aliphatic rings. The molecular weight excluding hydrogens is 847 g/mol. The van der Waals surface area contributed by atoms with Crippen LogP contribution in [0.4, 0.5) is 26.3 Å². The summed E-state index contributed by atoms with van der Waals surface area (Å²) in [4.78, 5) is 37.4. The first-order valence-corrected chi connectivity index (χ1v) is 25.4. The summed E-state index contributed by atoms with van der Waals surface area (Å²) in [6.07, 6.45) is 21.7. The third kappa shape index (κ3) is 12.7. The predicted octanol–water partition coefficient (Wildman–Crippen LogP) is 17.7. The molecule has 5 fully saturated rings. The molecule has 0 aliphatic heterocycles. The summed E-state index contributed by atoms with van der Waals surface area (Å²) in [5.41, 5.74) is 0.527. The van der Waals surface area contributed by atoms with E-state index in [-0.39, 0.29) is 75.6 Å². The van der Waals surface area contributed by atoms with Crippen LogP contribution in [0.5, 0.6) is 0 Å². The van der Waals surface area contributed by atoms with E-state index in [9.17, 15) is 40.7 Å². The summed E-state index contributed by atoms with van der Waals surface area (Å²) >= 11 is 0. The fourth-order valence-electron chi connectivity index (χ4n) is 11.9. The molecule has 3 nitrogen and oxygen atoms in total. The fourth-order valence-corrected chi connectivity index (χ4v) is 11.9. The van der Waals surface area contributed by atoms with Gasteiger partial charge in [0.15, 0.2) is 52.3 Å². The second-order valence-electron chi connectivity index (χ2n) is 21.5. The Morgan fingerprint density at radius 2 is 0.530 bits per heavy atom. The molecule has 0 bridgehead atoms. The average molecular weight is 931 g/mol. The number of carbonyl (C=O) groups excluding carboxylic acids is 3. The second kappa shape index (κ2) is 23.5. The third-order valence-electron chi connectivity index (χ3n) is 16.7. The SMILES string of the molecule is Cc1ccc(C(=O)C2CCC(C)CC2)c(F)c1F.Cc1ccc(C(=O)C2CCC(C3CCC(C)CC3)CC2)c(F)c1F.Cc1ccc(C(=O)C2CCC(C3CCC(C)CC3)CC2)c(F)c1F.[HH].[HH].[HH].[HH].[HH]. The summed E-state index contributed by atoms with van der Waals surface area (Å²) < 4.78 is 82.8. The van der Waals surface area contributed by atoms with E-state index < -0.39 is 34.9 Å². The molecule has 66 heavy (non-hydrogen) atoms. The van der Waals surface area contributed by atoms with Crippen molar-refractivity contribution in [3.8, 4) is 0 Å². The molecule has 5 saturated carbocycles. The van der Waals surface area contributed by atoms with Gasteiger partial charge < -0.3 is 0 Å². The molecule has 3 aromatic rings. The number of Topliss-reactive ketones (excluding diaryl/α,β-unsaturated/α-hetero) is 3. The number of ketones is 3. The van der Waals surface area contributed by atoms with Gasteiger partial charge in [0.1, 0.15) is 0 Å². The van der Waals surface area contributed by atoms with E-state index in [4.69, 9.17) is 0 Å². The normalized spacial score (nSPS) is 29.1. The highest BCUT2D eigenvalue weighted by atomic mass is 19.2. The van der Waals surface area contributed by atoms with Crippen molar-refractivity contribution < 1.29 is 47.9 Å². The van der Waals surface area contributed by atoms with Gasteiger partial charge in [0.25, 0.3) is 0 Å². The number of rotatable bonds is 8. The van der Waals surface area contributed by atoms with Gasteiger partial charge in [-0.05, 0) is 187 Å². The highest BCUT2D eigenvalue weighted by Gasteiger charge is 2.36. The van der Waals surface area contributed by atoms with Gasteiger partial charge in [-0.1, -0.05) is 77.5 Å². The lowest BCUT2D eigenvalue weighted by atomic mass is 9.68. The van der Waals surface area contributed by atoms with Crippen LogP contribution < -0.4 is 0 Å². The van der Waals surface area contributed by atoms with Crippen LogP contribution in [0.1, 0.15) is 204 Å². The van der Waals surface area contributed by atoms with Crippen LogP contribution >= 0.6 is 0 Å². The molecule has 3 aromatic carbocycles. The van der Waals surface area contributed by atoms with E-state index in [0.29, 0.717) is 5.92 Å². The first-order chi connectivity index (χ1) is 31.4. The smallest absolute Gasteiger partial charge is 0.169 e. The van der Waals surface area contributed by atoms with Crippen LogP contribution in [0, 0.1) is 115 Å². The van der Waals surface area contributed by atoms with E-state index in [0.717, 1.165) is 113 Å². The van der Waals surface area contributed by atoms with Crippen molar-refractivity contribution in [2.24, 2.45) is 59.2 Å². The predicted molar refractivity (Wildman–Crippen MR) is 261 cm³/mol. The van der Waals surface area contributed by atoms with Crippen LogP contribution in [0.15, 0.2) is 36.4 Å². The molecule has 0 unspecified atom stereocenters. The van der Waals surface area contributed by atoms with Gasteiger partial charge in [-0.3, -0.25) is 14.4 Å². The molecule has 372 valence electrons. The Labute approximate surface area is 398 Å². The van der Waals surface area contributed by atoms with E-state index in [1.165, 1.54) is 109 Å². The minimum Gasteiger partial charge on any atom is -0.294 e. The monoisotopic (exact) mass is 931 g/mol. The lowest BCUT2D eigenvalue weighted by molar-refractivity contribution is 0.0820. The first kappa shape index (κ1) is 51.6. The first-order valence-electron chi connectivity index (χ1n) is 25.4. The number of halogens is 6. The summed E-state index contributed by atoms with van der Waals surface area (Å²) in [5.74, 6) is -1.24. The molecular formula is C57H84F6O3. The molecule has 0 atom stereocenters. The van der Waals surface area contributed by atoms with Crippen molar-refractivity contribution in [3.05, 3.63) is 105 Å². The van der Waals surface area contributed by atoms with E-state index >= 15 is 0 Å². The topological polar surface area (TPSA) is 51.2 Å². The van der Waals surface area contributed by atoms with Gasteiger partial charge in [-0.2, -0.15) is 0 Å².